The van der Waals surface area contributed by atoms with E-state index in [0.717, 1.165) is 28.1 Å². The van der Waals surface area contributed by atoms with E-state index in [4.69, 9.17) is 9.47 Å². The van der Waals surface area contributed by atoms with E-state index in [-0.39, 0.29) is 37.5 Å². The number of ether oxygens (including phenoxy) is 2. The van der Waals surface area contributed by atoms with Crippen LogP contribution in [0.3, 0.4) is 0 Å². The second-order valence-electron chi connectivity index (χ2n) is 7.76. The fraction of sp³-hybridized carbons (Fsp3) is 0.208. The lowest BCUT2D eigenvalue weighted by atomic mass is 10.2. The minimum absolute atomic E-state index is 0.0413. The molecule has 10 heteroatoms. The van der Waals surface area contributed by atoms with E-state index >= 15 is 0 Å². The van der Waals surface area contributed by atoms with Crippen LogP contribution >= 0.6 is 11.8 Å². The summed E-state index contributed by atoms with van der Waals surface area (Å²) in [7, 11) is 0. The van der Waals surface area contributed by atoms with Crippen LogP contribution in [0.25, 0.3) is 6.08 Å². The van der Waals surface area contributed by atoms with Crippen LogP contribution in [0.15, 0.2) is 48.5 Å². The number of amides is 2. The van der Waals surface area contributed by atoms with E-state index in [2.05, 4.69) is 15.7 Å². The van der Waals surface area contributed by atoms with Gasteiger partial charge in [-0.3, -0.25) is 9.59 Å². The fourth-order valence-corrected chi connectivity index (χ4v) is 4.70. The first-order valence-electron chi connectivity index (χ1n) is 10.6. The van der Waals surface area contributed by atoms with Gasteiger partial charge in [0.15, 0.2) is 11.5 Å². The molecule has 0 saturated heterocycles. The molecule has 0 fully saturated rings. The van der Waals surface area contributed by atoms with E-state index in [1.807, 2.05) is 6.07 Å². The van der Waals surface area contributed by atoms with Crippen LogP contribution in [-0.2, 0) is 34.2 Å². The Morgan fingerprint density at radius 1 is 1.12 bits per heavy atom. The minimum Gasteiger partial charge on any atom is -0.454 e. The first-order chi connectivity index (χ1) is 16.5. The van der Waals surface area contributed by atoms with Gasteiger partial charge < -0.3 is 20.1 Å². The molecule has 2 aromatic carbocycles. The largest absolute Gasteiger partial charge is 0.454 e. The van der Waals surface area contributed by atoms with Gasteiger partial charge in [0, 0.05) is 29.7 Å². The molecule has 0 bridgehead atoms. The molecule has 2 N–H and O–H groups in total. The van der Waals surface area contributed by atoms with Gasteiger partial charge in [-0.15, -0.1) is 0 Å². The zero-order chi connectivity index (χ0) is 23.5. The predicted octanol–water partition coefficient (Wildman–Crippen LogP) is 3.47. The van der Waals surface area contributed by atoms with Gasteiger partial charge in [-0.25, -0.2) is 9.07 Å². The van der Waals surface area contributed by atoms with Gasteiger partial charge in [-0.1, -0.05) is 18.2 Å². The van der Waals surface area contributed by atoms with Crippen molar-refractivity contribution in [3.8, 4) is 11.5 Å². The van der Waals surface area contributed by atoms with E-state index in [1.54, 1.807) is 42.1 Å². The number of hydrogen-bond donors (Lipinski definition) is 2. The van der Waals surface area contributed by atoms with Crippen molar-refractivity contribution in [3.63, 3.8) is 0 Å². The zero-order valence-electron chi connectivity index (χ0n) is 18.0. The molecule has 0 unspecified atom stereocenters. The number of nitrogens with zero attached hydrogens (tertiary/aromatic N) is 2. The molecule has 2 amide bonds. The monoisotopic (exact) mass is 480 g/mol. The molecule has 3 heterocycles. The summed E-state index contributed by atoms with van der Waals surface area (Å²) in [4.78, 5) is 25.2. The Hall–Kier alpha value is -3.79. The SMILES string of the molecule is O=C(/C=C\c1ccc2c(c1)OCO2)Nc1c2c(nn1CC(=O)NCc1ccc(F)cc1)CSC2. The minimum atomic E-state index is -0.328. The molecule has 2 aliphatic rings. The maximum Gasteiger partial charge on any atom is 0.249 e. The summed E-state index contributed by atoms with van der Waals surface area (Å²) >= 11 is 1.71. The highest BCUT2D eigenvalue weighted by Crippen LogP contribution is 2.35. The third kappa shape index (κ3) is 4.91. The van der Waals surface area contributed by atoms with Crippen molar-refractivity contribution >= 4 is 35.5 Å². The third-order valence-electron chi connectivity index (χ3n) is 5.38. The van der Waals surface area contributed by atoms with E-state index < -0.39 is 0 Å². The number of benzene rings is 2. The highest BCUT2D eigenvalue weighted by molar-refractivity contribution is 7.98. The lowest BCUT2D eigenvalue weighted by Gasteiger charge is -2.10. The molecular weight excluding hydrogens is 459 g/mol. The van der Waals surface area contributed by atoms with Gasteiger partial charge in [0.05, 0.1) is 5.69 Å². The number of halogens is 1. The van der Waals surface area contributed by atoms with Gasteiger partial charge in [0.1, 0.15) is 18.2 Å². The standard InChI is InChI=1S/C24H21FN4O4S/c25-17-5-1-16(2-6-17)10-26-23(31)11-29-24(18-12-34-13-19(18)28-29)27-22(30)8-4-15-3-7-20-21(9-15)33-14-32-20/h1-9H,10-14H2,(H,26,31)(H,27,30)/b8-4-. The van der Waals surface area contributed by atoms with Crippen LogP contribution in [0.4, 0.5) is 10.2 Å². The molecule has 5 rings (SSSR count). The highest BCUT2D eigenvalue weighted by Gasteiger charge is 2.24. The van der Waals surface area contributed by atoms with Crippen molar-refractivity contribution in [2.45, 2.75) is 24.6 Å². The number of carbonyl (C=O) groups is 2. The van der Waals surface area contributed by atoms with Crippen molar-refractivity contribution in [1.82, 2.24) is 15.1 Å². The highest BCUT2D eigenvalue weighted by atomic mass is 32.2. The smallest absolute Gasteiger partial charge is 0.249 e. The molecule has 8 nitrogen and oxygen atoms in total. The van der Waals surface area contributed by atoms with Crippen LogP contribution in [0, 0.1) is 5.82 Å². The molecular formula is C24H21FN4O4S. The molecule has 2 aliphatic heterocycles. The Bertz CT molecular complexity index is 1270. The lowest BCUT2D eigenvalue weighted by molar-refractivity contribution is -0.122. The second kappa shape index (κ2) is 9.60. The number of rotatable bonds is 7. The molecule has 0 atom stereocenters. The summed E-state index contributed by atoms with van der Waals surface area (Å²) < 4.78 is 25.2. The molecule has 1 aromatic heterocycles. The Balaban J connectivity index is 1.24. The number of aromatic nitrogens is 2. The molecule has 3 aromatic rings. The van der Waals surface area contributed by atoms with Crippen molar-refractivity contribution < 1.29 is 23.5 Å². The second-order valence-corrected chi connectivity index (χ2v) is 8.75. The van der Waals surface area contributed by atoms with Crippen LogP contribution in [-0.4, -0.2) is 28.4 Å². The quantitative estimate of drug-likeness (QED) is 0.503. The van der Waals surface area contributed by atoms with Gasteiger partial charge in [-0.05, 0) is 41.5 Å². The van der Waals surface area contributed by atoms with Gasteiger partial charge in [0.25, 0.3) is 0 Å². The van der Waals surface area contributed by atoms with E-state index in [9.17, 15) is 14.0 Å². The predicted molar refractivity (Wildman–Crippen MR) is 126 cm³/mol. The van der Waals surface area contributed by atoms with E-state index in [0.29, 0.717) is 23.1 Å². The van der Waals surface area contributed by atoms with Crippen molar-refractivity contribution in [3.05, 3.63) is 76.7 Å². The molecule has 0 aliphatic carbocycles. The molecule has 34 heavy (non-hydrogen) atoms. The number of carbonyl (C=O) groups excluding carboxylic acids is 2. The molecule has 0 spiro atoms. The molecule has 0 radical (unpaired) electrons. The Morgan fingerprint density at radius 3 is 2.79 bits per heavy atom. The van der Waals surface area contributed by atoms with Crippen LogP contribution in [0.5, 0.6) is 11.5 Å². The summed E-state index contributed by atoms with van der Waals surface area (Å²) in [6.07, 6.45) is 3.11. The van der Waals surface area contributed by atoms with Gasteiger partial charge in [-0.2, -0.15) is 16.9 Å². The first-order valence-corrected chi connectivity index (χ1v) is 11.8. The zero-order valence-corrected chi connectivity index (χ0v) is 18.9. The van der Waals surface area contributed by atoms with Crippen molar-refractivity contribution in [2.24, 2.45) is 0 Å². The van der Waals surface area contributed by atoms with Crippen LogP contribution < -0.4 is 20.1 Å². The topological polar surface area (TPSA) is 94.5 Å². The summed E-state index contributed by atoms with van der Waals surface area (Å²) in [6.45, 7) is 0.420. The average molecular weight is 481 g/mol. The van der Waals surface area contributed by atoms with E-state index in [1.165, 1.54) is 22.9 Å². The van der Waals surface area contributed by atoms with Gasteiger partial charge >= 0.3 is 0 Å². The molecule has 174 valence electrons. The Kier molecular flexibility index (Phi) is 6.22. The number of thioether (sulfide) groups is 1. The number of hydrogen-bond acceptors (Lipinski definition) is 6. The lowest BCUT2D eigenvalue weighted by Crippen LogP contribution is -2.28. The summed E-state index contributed by atoms with van der Waals surface area (Å²) in [6, 6.07) is 11.4. The summed E-state index contributed by atoms with van der Waals surface area (Å²) in [5, 5.41) is 10.2. The van der Waals surface area contributed by atoms with Crippen LogP contribution in [0.1, 0.15) is 22.4 Å². The molecule has 0 saturated carbocycles. The summed E-state index contributed by atoms with van der Waals surface area (Å²) in [5.41, 5.74) is 3.39. The third-order valence-corrected chi connectivity index (χ3v) is 6.35. The number of fused-ring (bicyclic) bond motifs is 2. The maximum absolute atomic E-state index is 13.1. The fourth-order valence-electron chi connectivity index (χ4n) is 3.66. The summed E-state index contributed by atoms with van der Waals surface area (Å²) in [5.74, 6) is 2.38. The van der Waals surface area contributed by atoms with Crippen molar-refractivity contribution in [2.75, 3.05) is 12.1 Å². The average Bonchev–Trinajstić information content (AvgIpc) is 3.55. The van der Waals surface area contributed by atoms with Crippen molar-refractivity contribution in [1.29, 1.82) is 0 Å². The number of anilines is 1. The van der Waals surface area contributed by atoms with Crippen LogP contribution in [0.2, 0.25) is 0 Å². The first kappa shape index (κ1) is 22.0. The number of nitrogens with one attached hydrogen (secondary N) is 2. The maximum atomic E-state index is 13.1. The Morgan fingerprint density at radius 2 is 1.94 bits per heavy atom. The Labute approximate surface area is 199 Å². The van der Waals surface area contributed by atoms with Gasteiger partial charge in [0.2, 0.25) is 18.6 Å². The normalized spacial score (nSPS) is 13.8.